The van der Waals surface area contributed by atoms with Gasteiger partial charge in [0.1, 0.15) is 6.04 Å². The summed E-state index contributed by atoms with van der Waals surface area (Å²) in [6.07, 6.45) is 2.06. The van der Waals surface area contributed by atoms with Crippen LogP contribution in [0.25, 0.3) is 5.78 Å². The van der Waals surface area contributed by atoms with Crippen molar-refractivity contribution in [2.75, 3.05) is 6.54 Å². The Morgan fingerprint density at radius 3 is 2.77 bits per heavy atom. The lowest BCUT2D eigenvalue weighted by Gasteiger charge is -2.31. The number of hydrogen-bond donors (Lipinski definition) is 1. The Hall–Kier alpha value is -2.51. The SMILES string of the molecule is Cc1cc(C)n2nc(C(=O)N3CCCC[C@@H]3C(=O)O)nc2n1. The van der Waals surface area contributed by atoms with Gasteiger partial charge in [-0.05, 0) is 39.2 Å². The molecule has 0 radical (unpaired) electrons. The number of fused-ring (bicyclic) bond motifs is 1. The first-order chi connectivity index (χ1) is 10.5. The van der Waals surface area contributed by atoms with E-state index < -0.39 is 17.9 Å². The van der Waals surface area contributed by atoms with Crippen LogP contribution in [0.3, 0.4) is 0 Å². The third-order valence-electron chi connectivity index (χ3n) is 3.86. The number of carboxylic acid groups (broad SMARTS) is 1. The summed E-state index contributed by atoms with van der Waals surface area (Å²) in [6, 6.07) is 1.04. The van der Waals surface area contributed by atoms with Gasteiger partial charge in [0.05, 0.1) is 0 Å². The molecule has 22 heavy (non-hydrogen) atoms. The number of aromatic nitrogens is 4. The number of carbonyl (C=O) groups excluding carboxylic acids is 1. The van der Waals surface area contributed by atoms with Gasteiger partial charge < -0.3 is 10.0 Å². The molecule has 8 nitrogen and oxygen atoms in total. The molecule has 0 unspecified atom stereocenters. The summed E-state index contributed by atoms with van der Waals surface area (Å²) in [4.78, 5) is 33.6. The van der Waals surface area contributed by atoms with Gasteiger partial charge in [0.25, 0.3) is 11.7 Å². The lowest BCUT2D eigenvalue weighted by atomic mass is 10.0. The van der Waals surface area contributed by atoms with Gasteiger partial charge in [-0.3, -0.25) is 4.79 Å². The van der Waals surface area contributed by atoms with Gasteiger partial charge in [-0.25, -0.2) is 14.3 Å². The molecular formula is C14H17N5O3. The summed E-state index contributed by atoms with van der Waals surface area (Å²) in [5.41, 5.74) is 1.61. The van der Waals surface area contributed by atoms with E-state index in [-0.39, 0.29) is 5.82 Å². The van der Waals surface area contributed by atoms with Crippen molar-refractivity contribution in [1.82, 2.24) is 24.5 Å². The van der Waals surface area contributed by atoms with Gasteiger partial charge in [0.15, 0.2) is 0 Å². The second-order valence-electron chi connectivity index (χ2n) is 5.53. The number of rotatable bonds is 2. The van der Waals surface area contributed by atoms with Crippen LogP contribution in [0, 0.1) is 13.8 Å². The lowest BCUT2D eigenvalue weighted by Crippen LogP contribution is -2.48. The molecular weight excluding hydrogens is 286 g/mol. The smallest absolute Gasteiger partial charge is 0.326 e. The van der Waals surface area contributed by atoms with E-state index in [9.17, 15) is 14.7 Å². The minimum absolute atomic E-state index is 0.00523. The van der Waals surface area contributed by atoms with Gasteiger partial charge in [-0.1, -0.05) is 0 Å². The van der Waals surface area contributed by atoms with E-state index in [2.05, 4.69) is 15.1 Å². The Morgan fingerprint density at radius 2 is 2.05 bits per heavy atom. The van der Waals surface area contributed by atoms with Crippen LogP contribution in [0.5, 0.6) is 0 Å². The molecule has 0 bridgehead atoms. The molecule has 0 saturated carbocycles. The number of carbonyl (C=O) groups is 2. The highest BCUT2D eigenvalue weighted by Gasteiger charge is 2.34. The number of likely N-dealkylation sites (tertiary alicyclic amines) is 1. The fourth-order valence-corrected chi connectivity index (χ4v) is 2.82. The second kappa shape index (κ2) is 5.36. The van der Waals surface area contributed by atoms with Crippen molar-refractivity contribution in [3.8, 4) is 0 Å². The van der Waals surface area contributed by atoms with Crippen molar-refractivity contribution in [3.05, 3.63) is 23.3 Å². The van der Waals surface area contributed by atoms with Crippen molar-refractivity contribution in [2.24, 2.45) is 0 Å². The van der Waals surface area contributed by atoms with Crippen LogP contribution in [-0.4, -0.2) is 54.1 Å². The number of piperidine rings is 1. The molecule has 0 aliphatic carbocycles. The normalized spacial score (nSPS) is 18.6. The van der Waals surface area contributed by atoms with Crippen LogP contribution in [0.2, 0.25) is 0 Å². The highest BCUT2D eigenvalue weighted by molar-refractivity contribution is 5.94. The maximum absolute atomic E-state index is 12.6. The molecule has 1 amide bonds. The average Bonchev–Trinajstić information content (AvgIpc) is 2.90. The molecule has 0 aromatic carbocycles. The predicted molar refractivity (Wildman–Crippen MR) is 76.6 cm³/mol. The second-order valence-corrected chi connectivity index (χ2v) is 5.53. The summed E-state index contributed by atoms with van der Waals surface area (Å²) in [6.45, 7) is 4.11. The number of hydrogen-bond acceptors (Lipinski definition) is 5. The zero-order valence-electron chi connectivity index (χ0n) is 12.5. The Kier molecular flexibility index (Phi) is 3.51. The molecule has 2 aromatic heterocycles. The van der Waals surface area contributed by atoms with E-state index in [1.54, 1.807) is 0 Å². The number of nitrogens with zero attached hydrogens (tertiary/aromatic N) is 5. The van der Waals surface area contributed by atoms with E-state index in [1.165, 1.54) is 9.42 Å². The summed E-state index contributed by atoms with van der Waals surface area (Å²) in [7, 11) is 0. The van der Waals surface area contributed by atoms with Crippen molar-refractivity contribution < 1.29 is 14.7 Å². The first kappa shape index (κ1) is 14.4. The van der Waals surface area contributed by atoms with E-state index in [4.69, 9.17) is 0 Å². The van der Waals surface area contributed by atoms with Gasteiger partial charge >= 0.3 is 5.97 Å². The lowest BCUT2D eigenvalue weighted by molar-refractivity contribution is -0.143. The zero-order valence-corrected chi connectivity index (χ0v) is 12.5. The zero-order chi connectivity index (χ0) is 15.9. The molecule has 116 valence electrons. The van der Waals surface area contributed by atoms with Gasteiger partial charge in [0.2, 0.25) is 5.82 Å². The van der Waals surface area contributed by atoms with Crippen molar-refractivity contribution in [1.29, 1.82) is 0 Å². The van der Waals surface area contributed by atoms with Crippen molar-refractivity contribution >= 4 is 17.7 Å². The minimum Gasteiger partial charge on any atom is -0.480 e. The maximum atomic E-state index is 12.6. The third kappa shape index (κ3) is 2.40. The van der Waals surface area contributed by atoms with E-state index in [0.717, 1.165) is 24.2 Å². The summed E-state index contributed by atoms with van der Waals surface area (Å²) in [5, 5.41) is 13.5. The molecule has 1 saturated heterocycles. The Bertz CT molecular complexity index is 754. The summed E-state index contributed by atoms with van der Waals surface area (Å²) in [5.74, 6) is -1.09. The first-order valence-electron chi connectivity index (χ1n) is 7.22. The molecule has 1 fully saturated rings. The van der Waals surface area contributed by atoms with Crippen LogP contribution < -0.4 is 0 Å². The van der Waals surface area contributed by atoms with Crippen LogP contribution in [-0.2, 0) is 4.79 Å². The van der Waals surface area contributed by atoms with E-state index in [0.29, 0.717) is 18.7 Å². The predicted octanol–water partition coefficient (Wildman–Crippen LogP) is 0.820. The van der Waals surface area contributed by atoms with Crippen molar-refractivity contribution in [2.45, 2.75) is 39.2 Å². The standard InChI is InChI=1S/C14H17N5O3/c1-8-7-9(2)19-14(15-8)16-11(17-19)12(20)18-6-4-3-5-10(18)13(21)22/h7,10H,3-6H2,1-2H3,(H,21,22)/t10-/m1/s1. The van der Waals surface area contributed by atoms with Crippen LogP contribution in [0.1, 0.15) is 41.3 Å². The first-order valence-corrected chi connectivity index (χ1v) is 7.22. The maximum Gasteiger partial charge on any atom is 0.326 e. The van der Waals surface area contributed by atoms with E-state index >= 15 is 0 Å². The fourth-order valence-electron chi connectivity index (χ4n) is 2.82. The number of carboxylic acids is 1. The highest BCUT2D eigenvalue weighted by Crippen LogP contribution is 2.19. The molecule has 0 spiro atoms. The number of aliphatic carboxylic acids is 1. The monoisotopic (exact) mass is 303 g/mol. The molecule has 2 aromatic rings. The summed E-state index contributed by atoms with van der Waals surface area (Å²) < 4.78 is 1.50. The average molecular weight is 303 g/mol. The fraction of sp³-hybridized carbons (Fsp3) is 0.500. The summed E-state index contributed by atoms with van der Waals surface area (Å²) >= 11 is 0. The topological polar surface area (TPSA) is 101 Å². The Labute approximate surface area is 126 Å². The van der Waals surface area contributed by atoms with Crippen molar-refractivity contribution in [3.63, 3.8) is 0 Å². The largest absolute Gasteiger partial charge is 0.480 e. The third-order valence-corrected chi connectivity index (χ3v) is 3.86. The molecule has 1 N–H and O–H groups in total. The molecule has 1 atom stereocenters. The van der Waals surface area contributed by atoms with E-state index in [1.807, 2.05) is 19.9 Å². The molecule has 3 rings (SSSR count). The highest BCUT2D eigenvalue weighted by atomic mass is 16.4. The number of aryl methyl sites for hydroxylation is 2. The Balaban J connectivity index is 1.97. The van der Waals surface area contributed by atoms with Crippen LogP contribution in [0.15, 0.2) is 6.07 Å². The quantitative estimate of drug-likeness (QED) is 0.881. The van der Waals surface area contributed by atoms with Gasteiger partial charge in [0, 0.05) is 17.9 Å². The van der Waals surface area contributed by atoms with Gasteiger partial charge in [-0.2, -0.15) is 4.98 Å². The molecule has 1 aliphatic heterocycles. The number of amides is 1. The van der Waals surface area contributed by atoms with Gasteiger partial charge in [-0.15, -0.1) is 5.10 Å². The molecule has 1 aliphatic rings. The molecule has 8 heteroatoms. The Morgan fingerprint density at radius 1 is 1.27 bits per heavy atom. The minimum atomic E-state index is -0.984. The van der Waals surface area contributed by atoms with Crippen LogP contribution in [0.4, 0.5) is 0 Å². The van der Waals surface area contributed by atoms with Crippen LogP contribution >= 0.6 is 0 Å². The molecule has 3 heterocycles.